The summed E-state index contributed by atoms with van der Waals surface area (Å²) in [7, 11) is 0. The average Bonchev–Trinajstić information content (AvgIpc) is 2.17. The third-order valence-corrected chi connectivity index (χ3v) is 2.20. The van der Waals surface area contributed by atoms with E-state index in [0.717, 1.165) is 5.22 Å². The summed E-state index contributed by atoms with van der Waals surface area (Å²) in [6, 6.07) is 7.95. The molecule has 0 spiro atoms. The fraction of sp³-hybridized carbons (Fsp3) is 0.182. The highest BCUT2D eigenvalue weighted by Gasteiger charge is 2.05. The fourth-order valence-electron chi connectivity index (χ4n) is 1.56. The molecule has 0 bridgehead atoms. The van der Waals surface area contributed by atoms with Crippen LogP contribution >= 0.6 is 0 Å². The molecule has 1 aliphatic heterocycles. The van der Waals surface area contributed by atoms with E-state index >= 15 is 0 Å². The summed E-state index contributed by atoms with van der Waals surface area (Å²) in [6.07, 6.45) is 3.93. The van der Waals surface area contributed by atoms with Crippen LogP contribution in [0, 0.1) is 0 Å². The highest BCUT2D eigenvalue weighted by molar-refractivity contribution is 5.70. The lowest BCUT2D eigenvalue weighted by atomic mass is 10.2. The van der Waals surface area contributed by atoms with Crippen molar-refractivity contribution < 1.29 is 9.90 Å². The SMILES string of the molecule is O=C(O)CN1C=c2ccccc2=CC1. The van der Waals surface area contributed by atoms with E-state index < -0.39 is 5.97 Å². The Balaban J connectivity index is 2.34. The first-order valence-electron chi connectivity index (χ1n) is 4.48. The van der Waals surface area contributed by atoms with Crippen LogP contribution in [0.15, 0.2) is 24.3 Å². The summed E-state index contributed by atoms with van der Waals surface area (Å²) < 4.78 is 0. The van der Waals surface area contributed by atoms with Gasteiger partial charge in [-0.2, -0.15) is 0 Å². The Hall–Kier alpha value is -1.77. The second-order valence-corrected chi connectivity index (χ2v) is 3.29. The number of hydrogen-bond donors (Lipinski definition) is 1. The molecule has 1 aromatic rings. The smallest absolute Gasteiger partial charge is 0.323 e. The number of fused-ring (bicyclic) bond motifs is 1. The molecule has 14 heavy (non-hydrogen) atoms. The van der Waals surface area contributed by atoms with Crippen LogP contribution in [0.25, 0.3) is 12.3 Å². The van der Waals surface area contributed by atoms with Gasteiger partial charge < -0.3 is 10.0 Å². The summed E-state index contributed by atoms with van der Waals surface area (Å²) in [5.74, 6) is -0.797. The Bertz CT molecular complexity index is 464. The molecule has 0 saturated heterocycles. The van der Waals surface area contributed by atoms with Crippen molar-refractivity contribution in [3.05, 3.63) is 34.7 Å². The Morgan fingerprint density at radius 2 is 2.07 bits per heavy atom. The van der Waals surface area contributed by atoms with Gasteiger partial charge in [0.25, 0.3) is 0 Å². The third kappa shape index (κ3) is 1.76. The molecule has 1 N–H and O–H groups in total. The molecule has 0 amide bonds. The number of nitrogens with zero attached hydrogens (tertiary/aromatic N) is 1. The molecule has 0 fully saturated rings. The molecule has 72 valence electrons. The summed E-state index contributed by atoms with van der Waals surface area (Å²) in [4.78, 5) is 12.3. The summed E-state index contributed by atoms with van der Waals surface area (Å²) in [6.45, 7) is 0.730. The van der Waals surface area contributed by atoms with Crippen LogP contribution in [-0.4, -0.2) is 29.1 Å². The van der Waals surface area contributed by atoms with Gasteiger partial charge in [-0.15, -0.1) is 0 Å². The van der Waals surface area contributed by atoms with Crippen LogP contribution in [-0.2, 0) is 4.79 Å². The molecule has 1 aliphatic rings. The van der Waals surface area contributed by atoms with Crippen LogP contribution in [0.2, 0.25) is 0 Å². The minimum Gasteiger partial charge on any atom is -0.480 e. The second-order valence-electron chi connectivity index (χ2n) is 3.29. The van der Waals surface area contributed by atoms with Crippen LogP contribution < -0.4 is 10.4 Å². The molecule has 0 aromatic heterocycles. The zero-order valence-electron chi connectivity index (χ0n) is 7.68. The molecular formula is C11H11NO2. The predicted octanol–water partition coefficient (Wildman–Crippen LogP) is -0.395. The lowest BCUT2D eigenvalue weighted by Crippen LogP contribution is -2.37. The second kappa shape index (κ2) is 3.54. The van der Waals surface area contributed by atoms with E-state index in [0.29, 0.717) is 6.54 Å². The highest BCUT2D eigenvalue weighted by Crippen LogP contribution is 1.92. The van der Waals surface area contributed by atoms with Crippen LogP contribution in [0.5, 0.6) is 0 Å². The topological polar surface area (TPSA) is 40.5 Å². The maximum atomic E-state index is 10.5. The first kappa shape index (κ1) is 8.81. The van der Waals surface area contributed by atoms with Gasteiger partial charge in [-0.3, -0.25) is 4.79 Å². The molecule has 0 aliphatic carbocycles. The summed E-state index contributed by atoms with van der Waals surface area (Å²) in [5, 5.41) is 10.9. The van der Waals surface area contributed by atoms with Crippen molar-refractivity contribution >= 4 is 18.2 Å². The van der Waals surface area contributed by atoms with Crippen LogP contribution in [0.1, 0.15) is 0 Å². The standard InChI is InChI=1S/C11H11NO2/c13-11(14)8-12-6-5-9-3-1-2-4-10(9)7-12/h1-5,7H,6,8H2,(H,13,14). The Morgan fingerprint density at radius 3 is 2.79 bits per heavy atom. The number of carboxylic acid groups (broad SMARTS) is 1. The molecule has 3 heteroatoms. The molecule has 1 aromatic carbocycles. The molecule has 0 saturated carbocycles. The van der Waals surface area contributed by atoms with Gasteiger partial charge in [-0.05, 0) is 10.4 Å². The van der Waals surface area contributed by atoms with Gasteiger partial charge in [-0.25, -0.2) is 0 Å². The summed E-state index contributed by atoms with van der Waals surface area (Å²) >= 11 is 0. The number of aliphatic carboxylic acids is 1. The largest absolute Gasteiger partial charge is 0.480 e. The molecular weight excluding hydrogens is 178 g/mol. The predicted molar refractivity (Wildman–Crippen MR) is 53.8 cm³/mol. The fourth-order valence-corrected chi connectivity index (χ4v) is 1.56. The van der Waals surface area contributed by atoms with Gasteiger partial charge in [0.15, 0.2) is 0 Å². The lowest BCUT2D eigenvalue weighted by Gasteiger charge is -2.18. The number of hydrogen-bond acceptors (Lipinski definition) is 2. The summed E-state index contributed by atoms with van der Waals surface area (Å²) in [5.41, 5.74) is 0. The third-order valence-electron chi connectivity index (χ3n) is 2.20. The Labute approximate surface area is 81.6 Å². The Morgan fingerprint density at radius 1 is 1.36 bits per heavy atom. The first-order valence-corrected chi connectivity index (χ1v) is 4.48. The van der Waals surface area contributed by atoms with E-state index in [4.69, 9.17) is 5.11 Å². The van der Waals surface area contributed by atoms with E-state index in [1.807, 2.05) is 36.5 Å². The molecule has 0 unspecified atom stereocenters. The maximum Gasteiger partial charge on any atom is 0.323 e. The quantitative estimate of drug-likeness (QED) is 0.688. The van der Waals surface area contributed by atoms with Crippen molar-refractivity contribution in [2.24, 2.45) is 0 Å². The van der Waals surface area contributed by atoms with Crippen LogP contribution in [0.3, 0.4) is 0 Å². The van der Waals surface area contributed by atoms with Crippen molar-refractivity contribution in [2.45, 2.75) is 0 Å². The van der Waals surface area contributed by atoms with Crippen molar-refractivity contribution in [1.29, 1.82) is 0 Å². The van der Waals surface area contributed by atoms with Gasteiger partial charge in [0.2, 0.25) is 0 Å². The number of carbonyl (C=O) groups is 1. The Kier molecular flexibility index (Phi) is 2.23. The molecule has 1 heterocycles. The monoisotopic (exact) mass is 189 g/mol. The van der Waals surface area contributed by atoms with Crippen LogP contribution in [0.4, 0.5) is 0 Å². The van der Waals surface area contributed by atoms with E-state index in [9.17, 15) is 4.79 Å². The van der Waals surface area contributed by atoms with Gasteiger partial charge in [0, 0.05) is 12.7 Å². The van der Waals surface area contributed by atoms with E-state index in [1.54, 1.807) is 4.90 Å². The zero-order chi connectivity index (χ0) is 9.97. The molecule has 0 atom stereocenters. The molecule has 0 radical (unpaired) electrons. The highest BCUT2D eigenvalue weighted by atomic mass is 16.4. The van der Waals surface area contributed by atoms with Crippen molar-refractivity contribution in [3.63, 3.8) is 0 Å². The van der Waals surface area contributed by atoms with E-state index in [1.165, 1.54) is 5.22 Å². The van der Waals surface area contributed by atoms with Crippen molar-refractivity contribution in [3.8, 4) is 0 Å². The van der Waals surface area contributed by atoms with Gasteiger partial charge >= 0.3 is 5.97 Å². The van der Waals surface area contributed by atoms with Gasteiger partial charge in [0.05, 0.1) is 0 Å². The number of rotatable bonds is 2. The average molecular weight is 189 g/mol. The number of benzene rings is 1. The van der Waals surface area contributed by atoms with E-state index in [-0.39, 0.29) is 6.54 Å². The number of carboxylic acids is 1. The zero-order valence-corrected chi connectivity index (χ0v) is 7.68. The van der Waals surface area contributed by atoms with Gasteiger partial charge in [-0.1, -0.05) is 30.3 Å². The minimum absolute atomic E-state index is 0.0604. The van der Waals surface area contributed by atoms with Crippen molar-refractivity contribution in [1.82, 2.24) is 4.90 Å². The first-order chi connectivity index (χ1) is 6.75. The van der Waals surface area contributed by atoms with E-state index in [2.05, 4.69) is 0 Å². The molecule has 3 nitrogen and oxygen atoms in total. The maximum absolute atomic E-state index is 10.5. The lowest BCUT2D eigenvalue weighted by molar-refractivity contribution is -0.137. The normalized spacial score (nSPS) is 13.9. The van der Waals surface area contributed by atoms with Gasteiger partial charge in [0.1, 0.15) is 6.54 Å². The molecule has 2 rings (SSSR count). The minimum atomic E-state index is -0.797. The van der Waals surface area contributed by atoms with Crippen molar-refractivity contribution in [2.75, 3.05) is 13.1 Å².